The van der Waals surface area contributed by atoms with Gasteiger partial charge in [0.25, 0.3) is 0 Å². The van der Waals surface area contributed by atoms with Crippen molar-refractivity contribution in [2.75, 3.05) is 45.2 Å². The molecule has 1 saturated heterocycles. The fourth-order valence-electron chi connectivity index (χ4n) is 3.00. The van der Waals surface area contributed by atoms with E-state index < -0.39 is 0 Å². The number of rotatable bonds is 7. The van der Waals surface area contributed by atoms with Gasteiger partial charge in [0.2, 0.25) is 5.91 Å². The van der Waals surface area contributed by atoms with Gasteiger partial charge in [0, 0.05) is 13.1 Å². The highest BCUT2D eigenvalue weighted by Gasteiger charge is 2.22. The molecule has 1 aromatic carbocycles. The number of hydrogen-bond acceptors (Lipinski definition) is 3. The zero-order valence-electron chi connectivity index (χ0n) is 13.8. The lowest BCUT2D eigenvalue weighted by molar-refractivity contribution is -0.129. The van der Waals surface area contributed by atoms with E-state index in [1.54, 1.807) is 11.8 Å². The van der Waals surface area contributed by atoms with Crippen LogP contribution in [0.4, 0.5) is 0 Å². The normalized spacial score (nSPS) is 16.6. The maximum absolute atomic E-state index is 12.4. The first kappa shape index (κ1) is 17.4. The van der Waals surface area contributed by atoms with Crippen molar-refractivity contribution < 1.29 is 4.79 Å². The standard InChI is InChI=1S/C18H28N2OS/c1-19-11-8-17(9-12-19)14-20(18(21)15-22-2)13-10-16-6-4-3-5-7-16/h3-7,17H,8-15H2,1-2H3. The summed E-state index contributed by atoms with van der Waals surface area (Å²) >= 11 is 1.62. The van der Waals surface area contributed by atoms with Crippen molar-refractivity contribution in [3.63, 3.8) is 0 Å². The van der Waals surface area contributed by atoms with Crippen molar-refractivity contribution in [2.24, 2.45) is 5.92 Å². The Morgan fingerprint density at radius 2 is 1.95 bits per heavy atom. The van der Waals surface area contributed by atoms with E-state index in [4.69, 9.17) is 0 Å². The first-order chi connectivity index (χ1) is 10.7. The van der Waals surface area contributed by atoms with Crippen molar-refractivity contribution >= 4 is 17.7 Å². The maximum atomic E-state index is 12.4. The van der Waals surface area contributed by atoms with Gasteiger partial charge >= 0.3 is 0 Å². The van der Waals surface area contributed by atoms with Crippen LogP contribution in [0, 0.1) is 5.92 Å². The second kappa shape index (κ2) is 9.21. The Kier molecular flexibility index (Phi) is 7.26. The van der Waals surface area contributed by atoms with Crippen LogP contribution in [-0.2, 0) is 11.2 Å². The third kappa shape index (κ3) is 5.65. The number of likely N-dealkylation sites (tertiary alicyclic amines) is 1. The molecule has 3 nitrogen and oxygen atoms in total. The summed E-state index contributed by atoms with van der Waals surface area (Å²) in [6.45, 7) is 4.09. The zero-order chi connectivity index (χ0) is 15.8. The van der Waals surface area contributed by atoms with Crippen LogP contribution in [-0.4, -0.2) is 60.9 Å². The van der Waals surface area contributed by atoms with Gasteiger partial charge in [-0.25, -0.2) is 0 Å². The van der Waals surface area contributed by atoms with Gasteiger partial charge < -0.3 is 9.80 Å². The molecular weight excluding hydrogens is 292 g/mol. The summed E-state index contributed by atoms with van der Waals surface area (Å²) < 4.78 is 0. The average molecular weight is 321 g/mol. The van der Waals surface area contributed by atoms with Crippen molar-refractivity contribution in [2.45, 2.75) is 19.3 Å². The predicted octanol–water partition coefficient (Wildman–Crippen LogP) is 2.76. The molecule has 1 fully saturated rings. The summed E-state index contributed by atoms with van der Waals surface area (Å²) in [5.41, 5.74) is 1.31. The van der Waals surface area contributed by atoms with E-state index in [0.29, 0.717) is 17.6 Å². The Hall–Kier alpha value is -1.00. The third-order valence-electron chi connectivity index (χ3n) is 4.45. The van der Waals surface area contributed by atoms with Gasteiger partial charge in [-0.3, -0.25) is 4.79 Å². The Morgan fingerprint density at radius 1 is 1.27 bits per heavy atom. The molecule has 0 spiro atoms. The number of piperidine rings is 1. The van der Waals surface area contributed by atoms with Crippen LogP contribution in [0.3, 0.4) is 0 Å². The summed E-state index contributed by atoms with van der Waals surface area (Å²) in [6.07, 6.45) is 5.38. The first-order valence-electron chi connectivity index (χ1n) is 8.18. The fourth-order valence-corrected chi connectivity index (χ4v) is 3.43. The maximum Gasteiger partial charge on any atom is 0.232 e. The van der Waals surface area contributed by atoms with Gasteiger partial charge in [0.05, 0.1) is 5.75 Å². The van der Waals surface area contributed by atoms with Gasteiger partial charge in [-0.15, -0.1) is 0 Å². The highest BCUT2D eigenvalue weighted by atomic mass is 32.2. The molecule has 0 atom stereocenters. The van der Waals surface area contributed by atoms with Crippen LogP contribution in [0.25, 0.3) is 0 Å². The van der Waals surface area contributed by atoms with Crippen molar-refractivity contribution in [1.29, 1.82) is 0 Å². The van der Waals surface area contributed by atoms with Gasteiger partial charge in [0.1, 0.15) is 0 Å². The highest BCUT2D eigenvalue weighted by molar-refractivity contribution is 7.99. The Labute approximate surface area is 139 Å². The summed E-state index contributed by atoms with van der Waals surface area (Å²) in [5, 5.41) is 0. The number of amides is 1. The van der Waals surface area contributed by atoms with Gasteiger partial charge in [-0.05, 0) is 57.1 Å². The Morgan fingerprint density at radius 3 is 2.59 bits per heavy atom. The van der Waals surface area contributed by atoms with Crippen LogP contribution in [0.2, 0.25) is 0 Å². The van der Waals surface area contributed by atoms with Gasteiger partial charge in [-0.1, -0.05) is 30.3 Å². The number of hydrogen-bond donors (Lipinski definition) is 0. The predicted molar refractivity (Wildman–Crippen MR) is 95.3 cm³/mol. The van der Waals surface area contributed by atoms with E-state index >= 15 is 0 Å². The molecule has 1 aromatic rings. The van der Waals surface area contributed by atoms with E-state index in [9.17, 15) is 4.79 Å². The molecule has 0 unspecified atom stereocenters. The molecule has 2 rings (SSSR count). The molecule has 1 aliphatic heterocycles. The topological polar surface area (TPSA) is 23.6 Å². The molecule has 1 heterocycles. The largest absolute Gasteiger partial charge is 0.341 e. The number of carbonyl (C=O) groups excluding carboxylic acids is 1. The summed E-state index contributed by atoms with van der Waals surface area (Å²) in [4.78, 5) is 16.9. The number of thioether (sulfide) groups is 1. The van der Waals surface area contributed by atoms with E-state index in [2.05, 4.69) is 41.1 Å². The van der Waals surface area contributed by atoms with E-state index in [1.165, 1.54) is 18.4 Å². The first-order valence-corrected chi connectivity index (χ1v) is 9.57. The minimum Gasteiger partial charge on any atom is -0.341 e. The summed E-state index contributed by atoms with van der Waals surface area (Å²) in [6, 6.07) is 10.5. The zero-order valence-corrected chi connectivity index (χ0v) is 14.6. The average Bonchev–Trinajstić information content (AvgIpc) is 2.54. The van der Waals surface area contributed by atoms with Crippen LogP contribution < -0.4 is 0 Å². The molecule has 1 aliphatic rings. The van der Waals surface area contributed by atoms with E-state index in [-0.39, 0.29) is 0 Å². The Balaban J connectivity index is 1.89. The molecule has 22 heavy (non-hydrogen) atoms. The molecule has 0 saturated carbocycles. The molecule has 0 aromatic heterocycles. The number of benzene rings is 1. The van der Waals surface area contributed by atoms with Crippen LogP contribution in [0.5, 0.6) is 0 Å². The van der Waals surface area contributed by atoms with E-state index in [0.717, 1.165) is 32.6 Å². The molecular formula is C18H28N2OS. The van der Waals surface area contributed by atoms with E-state index in [1.807, 2.05) is 12.3 Å². The Bertz CT molecular complexity index is 444. The second-order valence-electron chi connectivity index (χ2n) is 6.26. The lowest BCUT2D eigenvalue weighted by Crippen LogP contribution is -2.41. The number of nitrogens with zero attached hydrogens (tertiary/aromatic N) is 2. The molecule has 1 amide bonds. The molecule has 0 N–H and O–H groups in total. The van der Waals surface area contributed by atoms with Gasteiger partial charge in [0.15, 0.2) is 0 Å². The van der Waals surface area contributed by atoms with Crippen LogP contribution in [0.1, 0.15) is 18.4 Å². The number of carbonyl (C=O) groups is 1. The quantitative estimate of drug-likeness (QED) is 0.772. The van der Waals surface area contributed by atoms with Crippen LogP contribution in [0.15, 0.2) is 30.3 Å². The SMILES string of the molecule is CSCC(=O)N(CCc1ccccc1)CC1CCN(C)CC1. The lowest BCUT2D eigenvalue weighted by Gasteiger charge is -2.33. The molecule has 0 radical (unpaired) electrons. The lowest BCUT2D eigenvalue weighted by atomic mass is 9.96. The minimum absolute atomic E-state index is 0.294. The van der Waals surface area contributed by atoms with Crippen molar-refractivity contribution in [3.8, 4) is 0 Å². The van der Waals surface area contributed by atoms with Crippen LogP contribution >= 0.6 is 11.8 Å². The van der Waals surface area contributed by atoms with Gasteiger partial charge in [-0.2, -0.15) is 11.8 Å². The summed E-state index contributed by atoms with van der Waals surface area (Å²) in [7, 11) is 2.18. The second-order valence-corrected chi connectivity index (χ2v) is 7.12. The summed E-state index contributed by atoms with van der Waals surface area (Å²) in [5.74, 6) is 1.56. The molecule has 0 aliphatic carbocycles. The monoisotopic (exact) mass is 320 g/mol. The highest BCUT2D eigenvalue weighted by Crippen LogP contribution is 2.18. The molecule has 122 valence electrons. The smallest absolute Gasteiger partial charge is 0.232 e. The van der Waals surface area contributed by atoms with Crippen molar-refractivity contribution in [1.82, 2.24) is 9.80 Å². The minimum atomic E-state index is 0.294. The fraction of sp³-hybridized carbons (Fsp3) is 0.611. The third-order valence-corrected chi connectivity index (χ3v) is 4.99. The molecule has 4 heteroatoms. The van der Waals surface area contributed by atoms with Crippen molar-refractivity contribution in [3.05, 3.63) is 35.9 Å². The molecule has 0 bridgehead atoms.